The van der Waals surface area contributed by atoms with Crippen LogP contribution >= 0.6 is 0 Å². The number of ether oxygens (including phenoxy) is 1. The molecule has 2 N–H and O–H groups in total. The highest BCUT2D eigenvalue weighted by molar-refractivity contribution is 5.44. The first-order chi connectivity index (χ1) is 11.6. The summed E-state index contributed by atoms with van der Waals surface area (Å²) in [5.74, 6) is 1.52. The van der Waals surface area contributed by atoms with Gasteiger partial charge in [0.2, 0.25) is 0 Å². The van der Waals surface area contributed by atoms with Crippen LogP contribution in [-0.4, -0.2) is 24.3 Å². The van der Waals surface area contributed by atoms with E-state index >= 15 is 0 Å². The monoisotopic (exact) mass is 327 g/mol. The SMILES string of the molecule is CC1CCN(c2ccc(=O)n(CCOc3cccc(N)c3)c2)CC1. The lowest BCUT2D eigenvalue weighted by molar-refractivity contribution is 0.296. The number of nitrogens with zero attached hydrogens (tertiary/aromatic N) is 2. The summed E-state index contributed by atoms with van der Waals surface area (Å²) >= 11 is 0. The van der Waals surface area contributed by atoms with Crippen molar-refractivity contribution < 1.29 is 4.74 Å². The van der Waals surface area contributed by atoms with E-state index in [2.05, 4.69) is 11.8 Å². The number of pyridine rings is 1. The third-order valence-electron chi connectivity index (χ3n) is 4.58. The zero-order chi connectivity index (χ0) is 16.9. The number of piperidine rings is 1. The molecule has 5 heteroatoms. The number of benzene rings is 1. The summed E-state index contributed by atoms with van der Waals surface area (Å²) in [6.45, 7) is 5.36. The second kappa shape index (κ2) is 7.43. The molecule has 1 aromatic heterocycles. The van der Waals surface area contributed by atoms with Crippen molar-refractivity contribution in [2.45, 2.75) is 26.3 Å². The van der Waals surface area contributed by atoms with Crippen LogP contribution in [0.5, 0.6) is 5.75 Å². The third-order valence-corrected chi connectivity index (χ3v) is 4.58. The molecule has 5 nitrogen and oxygen atoms in total. The minimum absolute atomic E-state index is 0.000281. The van der Waals surface area contributed by atoms with E-state index in [1.807, 2.05) is 30.5 Å². The van der Waals surface area contributed by atoms with E-state index in [0.717, 1.165) is 30.4 Å². The molecule has 1 aliphatic rings. The molecular weight excluding hydrogens is 302 g/mol. The van der Waals surface area contributed by atoms with Crippen molar-refractivity contribution >= 4 is 11.4 Å². The fourth-order valence-corrected chi connectivity index (χ4v) is 3.01. The van der Waals surface area contributed by atoms with Crippen LogP contribution in [0.2, 0.25) is 0 Å². The predicted octanol–water partition coefficient (Wildman–Crippen LogP) is 2.75. The van der Waals surface area contributed by atoms with Crippen LogP contribution in [0.1, 0.15) is 19.8 Å². The number of aromatic nitrogens is 1. The summed E-state index contributed by atoms with van der Waals surface area (Å²) in [7, 11) is 0. The second-order valence-corrected chi connectivity index (χ2v) is 6.51. The van der Waals surface area contributed by atoms with Crippen molar-refractivity contribution in [1.29, 1.82) is 0 Å². The first kappa shape index (κ1) is 16.4. The second-order valence-electron chi connectivity index (χ2n) is 6.51. The molecule has 0 atom stereocenters. The van der Waals surface area contributed by atoms with Gasteiger partial charge in [0.15, 0.2) is 0 Å². The van der Waals surface area contributed by atoms with Crippen LogP contribution < -0.4 is 20.9 Å². The van der Waals surface area contributed by atoms with Gasteiger partial charge < -0.3 is 19.9 Å². The maximum absolute atomic E-state index is 12.1. The van der Waals surface area contributed by atoms with Crippen LogP contribution in [0.15, 0.2) is 47.4 Å². The molecule has 0 unspecified atom stereocenters. The fraction of sp³-hybridized carbons (Fsp3) is 0.421. The molecule has 0 aliphatic carbocycles. The number of hydrogen-bond acceptors (Lipinski definition) is 4. The fourth-order valence-electron chi connectivity index (χ4n) is 3.01. The molecule has 1 saturated heterocycles. The molecule has 0 spiro atoms. The van der Waals surface area contributed by atoms with Crippen LogP contribution in [-0.2, 0) is 6.54 Å². The number of nitrogen functional groups attached to an aromatic ring is 1. The van der Waals surface area contributed by atoms with E-state index in [1.54, 1.807) is 16.7 Å². The van der Waals surface area contributed by atoms with Crippen molar-refractivity contribution in [2.24, 2.45) is 5.92 Å². The minimum atomic E-state index is 0.000281. The lowest BCUT2D eigenvalue weighted by Crippen LogP contribution is -2.34. The summed E-state index contributed by atoms with van der Waals surface area (Å²) in [4.78, 5) is 14.4. The molecule has 2 aromatic rings. The van der Waals surface area contributed by atoms with Crippen molar-refractivity contribution in [1.82, 2.24) is 4.57 Å². The smallest absolute Gasteiger partial charge is 0.250 e. The standard InChI is InChI=1S/C19H25N3O2/c1-15-7-9-21(10-8-15)17-5-6-19(23)22(14-17)11-12-24-18-4-2-3-16(20)13-18/h2-6,13-15H,7-12,20H2,1H3. The average molecular weight is 327 g/mol. The van der Waals surface area contributed by atoms with Gasteiger partial charge in [-0.15, -0.1) is 0 Å². The molecule has 2 heterocycles. The Morgan fingerprint density at radius 2 is 2.00 bits per heavy atom. The van der Waals surface area contributed by atoms with Gasteiger partial charge in [0, 0.05) is 37.1 Å². The predicted molar refractivity (Wildman–Crippen MR) is 97.7 cm³/mol. The van der Waals surface area contributed by atoms with Gasteiger partial charge in [-0.25, -0.2) is 0 Å². The highest BCUT2D eigenvalue weighted by atomic mass is 16.5. The zero-order valence-corrected chi connectivity index (χ0v) is 14.1. The summed E-state index contributed by atoms with van der Waals surface area (Å²) in [5.41, 5.74) is 7.53. The van der Waals surface area contributed by atoms with E-state index in [-0.39, 0.29) is 5.56 Å². The number of hydrogen-bond donors (Lipinski definition) is 1. The quantitative estimate of drug-likeness (QED) is 0.858. The molecule has 24 heavy (non-hydrogen) atoms. The zero-order valence-electron chi connectivity index (χ0n) is 14.1. The third kappa shape index (κ3) is 4.10. The average Bonchev–Trinajstić information content (AvgIpc) is 2.57. The Kier molecular flexibility index (Phi) is 5.08. The number of rotatable bonds is 5. The summed E-state index contributed by atoms with van der Waals surface area (Å²) in [6, 6.07) is 10.9. The Balaban J connectivity index is 1.62. The first-order valence-corrected chi connectivity index (χ1v) is 8.55. The number of nitrogens with two attached hydrogens (primary N) is 1. The lowest BCUT2D eigenvalue weighted by atomic mass is 9.99. The molecular formula is C19H25N3O2. The van der Waals surface area contributed by atoms with Gasteiger partial charge in [-0.2, -0.15) is 0 Å². The molecule has 0 saturated carbocycles. The van der Waals surface area contributed by atoms with Gasteiger partial charge in [-0.1, -0.05) is 13.0 Å². The topological polar surface area (TPSA) is 60.5 Å². The van der Waals surface area contributed by atoms with Crippen LogP contribution in [0.3, 0.4) is 0 Å². The van der Waals surface area contributed by atoms with Gasteiger partial charge >= 0.3 is 0 Å². The first-order valence-electron chi connectivity index (χ1n) is 8.55. The summed E-state index contributed by atoms with van der Waals surface area (Å²) < 4.78 is 7.41. The molecule has 1 aromatic carbocycles. The Hall–Kier alpha value is -2.43. The summed E-state index contributed by atoms with van der Waals surface area (Å²) in [6.07, 6.45) is 4.36. The van der Waals surface area contributed by atoms with Crippen molar-refractivity contribution in [3.05, 3.63) is 52.9 Å². The van der Waals surface area contributed by atoms with Crippen LogP contribution in [0, 0.1) is 5.92 Å². The summed E-state index contributed by atoms with van der Waals surface area (Å²) in [5, 5.41) is 0. The highest BCUT2D eigenvalue weighted by Gasteiger charge is 2.16. The maximum atomic E-state index is 12.1. The Labute approximate surface area is 142 Å². The minimum Gasteiger partial charge on any atom is -0.492 e. The van der Waals surface area contributed by atoms with Gasteiger partial charge in [0.25, 0.3) is 5.56 Å². The Morgan fingerprint density at radius 1 is 1.21 bits per heavy atom. The normalized spacial score (nSPS) is 15.5. The van der Waals surface area contributed by atoms with E-state index < -0.39 is 0 Å². The van der Waals surface area contributed by atoms with Crippen LogP contribution in [0.4, 0.5) is 11.4 Å². The van der Waals surface area contributed by atoms with E-state index in [1.165, 1.54) is 12.8 Å². The largest absolute Gasteiger partial charge is 0.492 e. The Bertz CT molecular complexity index is 733. The molecule has 1 aliphatic heterocycles. The lowest BCUT2D eigenvalue weighted by Gasteiger charge is -2.32. The van der Waals surface area contributed by atoms with Gasteiger partial charge in [0.05, 0.1) is 12.2 Å². The molecule has 0 amide bonds. The Morgan fingerprint density at radius 3 is 2.75 bits per heavy atom. The molecule has 1 fully saturated rings. The molecule has 3 rings (SSSR count). The van der Waals surface area contributed by atoms with Gasteiger partial charge in [-0.05, 0) is 37.0 Å². The van der Waals surface area contributed by atoms with Crippen molar-refractivity contribution in [3.8, 4) is 5.75 Å². The van der Waals surface area contributed by atoms with E-state index in [0.29, 0.717) is 18.8 Å². The molecule has 0 bridgehead atoms. The van der Waals surface area contributed by atoms with E-state index in [9.17, 15) is 4.79 Å². The molecule has 128 valence electrons. The number of anilines is 2. The van der Waals surface area contributed by atoms with Gasteiger partial charge in [-0.3, -0.25) is 4.79 Å². The van der Waals surface area contributed by atoms with E-state index in [4.69, 9.17) is 10.5 Å². The maximum Gasteiger partial charge on any atom is 0.250 e. The van der Waals surface area contributed by atoms with Crippen LogP contribution in [0.25, 0.3) is 0 Å². The van der Waals surface area contributed by atoms with Gasteiger partial charge in [0.1, 0.15) is 12.4 Å². The highest BCUT2D eigenvalue weighted by Crippen LogP contribution is 2.22. The van der Waals surface area contributed by atoms with Crippen molar-refractivity contribution in [3.63, 3.8) is 0 Å². The molecule has 0 radical (unpaired) electrons. The van der Waals surface area contributed by atoms with Crippen molar-refractivity contribution in [2.75, 3.05) is 30.3 Å².